The molecule has 0 spiro atoms. The van der Waals surface area contributed by atoms with E-state index in [1.54, 1.807) is 28.4 Å². The Kier molecular flexibility index (Phi) is 7.05. The molecule has 0 bridgehead atoms. The molecule has 31 heavy (non-hydrogen) atoms. The van der Waals surface area contributed by atoms with Crippen molar-refractivity contribution in [3.8, 4) is 0 Å². The third kappa shape index (κ3) is 5.16. The van der Waals surface area contributed by atoms with Crippen LogP contribution < -0.4 is 0 Å². The quantitative estimate of drug-likeness (QED) is 0.691. The first-order valence-electron chi connectivity index (χ1n) is 10.4. The number of aliphatic hydroxyl groups is 1. The van der Waals surface area contributed by atoms with Crippen LogP contribution in [0.4, 0.5) is 0 Å². The Morgan fingerprint density at radius 2 is 1.71 bits per heavy atom. The first-order valence-corrected chi connectivity index (χ1v) is 12.7. The highest BCUT2D eigenvalue weighted by molar-refractivity contribution is 7.89. The summed E-state index contributed by atoms with van der Waals surface area (Å²) in [5, 5.41) is 12.3. The second-order valence-electron chi connectivity index (χ2n) is 7.66. The Labute approximate surface area is 186 Å². The molecule has 2 fully saturated rings. The molecule has 1 atom stereocenters. The molecule has 2 aromatic rings. The average Bonchev–Trinajstić information content (AvgIpc) is 3.35. The minimum atomic E-state index is -3.57. The first-order chi connectivity index (χ1) is 14.9. The van der Waals surface area contributed by atoms with Crippen molar-refractivity contribution in [1.29, 1.82) is 0 Å². The van der Waals surface area contributed by atoms with E-state index >= 15 is 0 Å². The van der Waals surface area contributed by atoms with Crippen LogP contribution >= 0.6 is 11.3 Å². The van der Waals surface area contributed by atoms with Gasteiger partial charge in [-0.3, -0.25) is 9.69 Å². The van der Waals surface area contributed by atoms with Gasteiger partial charge in [0.15, 0.2) is 0 Å². The number of benzene rings is 1. The Bertz CT molecular complexity index is 965. The number of ether oxygens (including phenoxy) is 1. The van der Waals surface area contributed by atoms with Crippen LogP contribution in [0.5, 0.6) is 0 Å². The van der Waals surface area contributed by atoms with Crippen molar-refractivity contribution in [3.05, 3.63) is 52.2 Å². The van der Waals surface area contributed by atoms with Gasteiger partial charge in [-0.1, -0.05) is 6.07 Å². The van der Waals surface area contributed by atoms with Crippen molar-refractivity contribution in [2.24, 2.45) is 0 Å². The predicted octanol–water partition coefficient (Wildman–Crippen LogP) is 1.26. The number of nitrogens with zero attached hydrogens (tertiary/aromatic N) is 3. The third-order valence-electron chi connectivity index (χ3n) is 5.67. The molecule has 2 saturated heterocycles. The van der Waals surface area contributed by atoms with E-state index in [9.17, 15) is 18.3 Å². The zero-order valence-corrected chi connectivity index (χ0v) is 18.9. The Morgan fingerprint density at radius 3 is 2.32 bits per heavy atom. The monoisotopic (exact) mass is 465 g/mol. The van der Waals surface area contributed by atoms with Gasteiger partial charge in [-0.25, -0.2) is 8.42 Å². The molecule has 1 N–H and O–H groups in total. The van der Waals surface area contributed by atoms with Gasteiger partial charge in [0.1, 0.15) is 6.10 Å². The maximum absolute atomic E-state index is 12.9. The number of carbonyl (C=O) groups is 1. The highest BCUT2D eigenvalue weighted by Crippen LogP contribution is 2.21. The number of hydrogen-bond acceptors (Lipinski definition) is 7. The van der Waals surface area contributed by atoms with E-state index in [2.05, 4.69) is 4.90 Å². The summed E-state index contributed by atoms with van der Waals surface area (Å²) in [4.78, 5) is 17.9. The number of hydrogen-bond donors (Lipinski definition) is 1. The highest BCUT2D eigenvalue weighted by atomic mass is 32.2. The van der Waals surface area contributed by atoms with Crippen molar-refractivity contribution in [2.45, 2.75) is 11.0 Å². The lowest BCUT2D eigenvalue weighted by atomic mass is 10.1. The number of sulfonamides is 1. The number of rotatable bonds is 6. The molecule has 1 aromatic heterocycles. The van der Waals surface area contributed by atoms with Crippen LogP contribution in [0, 0.1) is 0 Å². The summed E-state index contributed by atoms with van der Waals surface area (Å²) in [7, 11) is -3.57. The normalized spacial score (nSPS) is 20.0. The van der Waals surface area contributed by atoms with Crippen LogP contribution in [0.25, 0.3) is 0 Å². The minimum absolute atomic E-state index is 0.103. The molecule has 1 amide bonds. The van der Waals surface area contributed by atoms with Gasteiger partial charge in [-0.05, 0) is 35.7 Å². The Morgan fingerprint density at radius 1 is 1.03 bits per heavy atom. The van der Waals surface area contributed by atoms with Gasteiger partial charge in [-0.2, -0.15) is 4.31 Å². The van der Waals surface area contributed by atoms with Crippen LogP contribution in [0.2, 0.25) is 0 Å². The third-order valence-corrected chi connectivity index (χ3v) is 8.56. The molecule has 2 aliphatic rings. The lowest BCUT2D eigenvalue weighted by molar-refractivity contribution is 0.0532. The molecule has 1 aromatic carbocycles. The minimum Gasteiger partial charge on any atom is -0.386 e. The smallest absolute Gasteiger partial charge is 0.253 e. The maximum atomic E-state index is 12.9. The lowest BCUT2D eigenvalue weighted by Gasteiger charge is -2.35. The highest BCUT2D eigenvalue weighted by Gasteiger charge is 2.27. The second-order valence-corrected chi connectivity index (χ2v) is 10.6. The second kappa shape index (κ2) is 9.76. The molecule has 2 aliphatic heterocycles. The lowest BCUT2D eigenvalue weighted by Crippen LogP contribution is -2.49. The maximum Gasteiger partial charge on any atom is 0.253 e. The molecule has 0 saturated carbocycles. The summed E-state index contributed by atoms with van der Waals surface area (Å²) in [5.74, 6) is -0.103. The topological polar surface area (TPSA) is 90.4 Å². The van der Waals surface area contributed by atoms with E-state index in [1.165, 1.54) is 16.4 Å². The summed E-state index contributed by atoms with van der Waals surface area (Å²) < 4.78 is 32.1. The van der Waals surface area contributed by atoms with Gasteiger partial charge >= 0.3 is 0 Å². The zero-order chi connectivity index (χ0) is 21.8. The van der Waals surface area contributed by atoms with Gasteiger partial charge < -0.3 is 14.7 Å². The van der Waals surface area contributed by atoms with Crippen LogP contribution in [0.15, 0.2) is 46.7 Å². The van der Waals surface area contributed by atoms with Gasteiger partial charge in [0.2, 0.25) is 10.0 Å². The van der Waals surface area contributed by atoms with Gasteiger partial charge in [0, 0.05) is 56.3 Å². The fourth-order valence-electron chi connectivity index (χ4n) is 3.84. The predicted molar refractivity (Wildman–Crippen MR) is 118 cm³/mol. The van der Waals surface area contributed by atoms with E-state index in [0.29, 0.717) is 64.6 Å². The summed E-state index contributed by atoms with van der Waals surface area (Å²) >= 11 is 1.54. The van der Waals surface area contributed by atoms with Crippen LogP contribution in [-0.2, 0) is 14.8 Å². The van der Waals surface area contributed by atoms with Crippen LogP contribution in [-0.4, -0.2) is 92.6 Å². The fraction of sp³-hybridized carbons (Fsp3) is 0.476. The van der Waals surface area contributed by atoms with E-state index in [1.807, 2.05) is 17.5 Å². The molecular weight excluding hydrogens is 438 g/mol. The SMILES string of the molecule is O=C(c1ccc(S(=O)(=O)N2CCOCC2)cc1)N1CCN(CC(O)c2cccs2)CC1. The number of aliphatic hydroxyl groups excluding tert-OH is 1. The van der Waals surface area contributed by atoms with Crippen LogP contribution in [0.1, 0.15) is 21.3 Å². The van der Waals surface area contributed by atoms with Crippen molar-refractivity contribution in [1.82, 2.24) is 14.1 Å². The number of morpholine rings is 1. The van der Waals surface area contributed by atoms with Crippen molar-refractivity contribution in [2.75, 3.05) is 59.0 Å². The standard InChI is InChI=1S/C21H27N3O5S2/c25-19(20-2-1-15-30-20)16-22-7-9-23(10-8-22)21(26)17-3-5-18(6-4-17)31(27,28)24-11-13-29-14-12-24/h1-6,15,19,25H,7-14,16H2. The van der Waals surface area contributed by atoms with Crippen molar-refractivity contribution in [3.63, 3.8) is 0 Å². The molecule has 3 heterocycles. The molecule has 8 nitrogen and oxygen atoms in total. The number of thiophene rings is 1. The van der Waals surface area contributed by atoms with Crippen LogP contribution in [0.3, 0.4) is 0 Å². The largest absolute Gasteiger partial charge is 0.386 e. The molecule has 168 valence electrons. The molecular formula is C21H27N3O5S2. The molecule has 10 heteroatoms. The Balaban J connectivity index is 1.33. The molecule has 1 unspecified atom stereocenters. The summed E-state index contributed by atoms with van der Waals surface area (Å²) in [6.45, 7) is 4.56. The van der Waals surface area contributed by atoms with Crippen molar-refractivity contribution >= 4 is 27.3 Å². The van der Waals surface area contributed by atoms with Crippen molar-refractivity contribution < 1.29 is 23.1 Å². The number of amides is 1. The molecule has 0 radical (unpaired) electrons. The Hall–Kier alpha value is -1.82. The molecule has 4 rings (SSSR count). The first kappa shape index (κ1) is 22.4. The number of piperazine rings is 1. The summed E-state index contributed by atoms with van der Waals surface area (Å²) in [5.41, 5.74) is 0.480. The number of β-amino-alcohol motifs (C(OH)–C–C–N with tert-alkyl or cyclic N) is 1. The van der Waals surface area contributed by atoms with E-state index in [4.69, 9.17) is 4.74 Å². The fourth-order valence-corrected chi connectivity index (χ4v) is 5.95. The summed E-state index contributed by atoms with van der Waals surface area (Å²) in [6, 6.07) is 10.0. The van der Waals surface area contributed by atoms with E-state index in [-0.39, 0.29) is 10.8 Å². The number of carbonyl (C=O) groups excluding carboxylic acids is 1. The summed E-state index contributed by atoms with van der Waals surface area (Å²) in [6.07, 6.45) is -0.511. The van der Waals surface area contributed by atoms with Gasteiger partial charge in [0.25, 0.3) is 5.91 Å². The van der Waals surface area contributed by atoms with Gasteiger partial charge in [-0.15, -0.1) is 11.3 Å². The van der Waals surface area contributed by atoms with E-state index in [0.717, 1.165) is 4.88 Å². The average molecular weight is 466 g/mol. The molecule has 0 aliphatic carbocycles. The van der Waals surface area contributed by atoms with E-state index < -0.39 is 16.1 Å². The van der Waals surface area contributed by atoms with Gasteiger partial charge in [0.05, 0.1) is 18.1 Å². The zero-order valence-electron chi connectivity index (χ0n) is 17.2.